The van der Waals surface area contributed by atoms with Crippen LogP contribution < -0.4 is 5.32 Å². The van der Waals surface area contributed by atoms with Crippen molar-refractivity contribution in [2.75, 3.05) is 5.75 Å². The van der Waals surface area contributed by atoms with Gasteiger partial charge in [-0.25, -0.2) is 9.18 Å². The Morgan fingerprint density at radius 3 is 2.74 bits per heavy atom. The van der Waals surface area contributed by atoms with Crippen LogP contribution in [0.15, 0.2) is 29.2 Å². The number of halogens is 1. The number of benzene rings is 1. The molecule has 0 radical (unpaired) electrons. The molecule has 100 valence electrons. The maximum atomic E-state index is 13.3. The highest BCUT2D eigenvalue weighted by Crippen LogP contribution is 2.20. The van der Waals surface area contributed by atoms with E-state index >= 15 is 0 Å². The van der Waals surface area contributed by atoms with Crippen LogP contribution in [0.4, 0.5) is 4.39 Å². The Labute approximate surface area is 114 Å². The van der Waals surface area contributed by atoms with Crippen LogP contribution in [-0.2, 0) is 9.59 Å². The van der Waals surface area contributed by atoms with Gasteiger partial charge in [0.2, 0.25) is 5.91 Å². The Balaban J connectivity index is 2.50. The van der Waals surface area contributed by atoms with Gasteiger partial charge in [0, 0.05) is 11.3 Å². The van der Waals surface area contributed by atoms with Crippen molar-refractivity contribution < 1.29 is 19.1 Å². The highest BCUT2D eigenvalue weighted by atomic mass is 32.2. The van der Waals surface area contributed by atoms with Gasteiger partial charge in [-0.3, -0.25) is 4.79 Å². The van der Waals surface area contributed by atoms with Gasteiger partial charge in [0.05, 0.1) is 5.75 Å². The van der Waals surface area contributed by atoms with Crippen LogP contribution >= 0.6 is 11.8 Å². The molecule has 19 heavy (non-hydrogen) atoms. The second-order valence-electron chi connectivity index (χ2n) is 3.59. The molecule has 1 amide bonds. The Bertz CT molecular complexity index is 513. The average Bonchev–Trinajstić information content (AvgIpc) is 2.37. The number of carbonyl (C=O) groups excluding carboxylic acids is 1. The molecule has 1 aromatic carbocycles. The first-order valence-electron chi connectivity index (χ1n) is 5.37. The summed E-state index contributed by atoms with van der Waals surface area (Å²) >= 11 is 0.995. The molecule has 0 bridgehead atoms. The molecule has 0 fully saturated rings. The van der Waals surface area contributed by atoms with Gasteiger partial charge in [0.1, 0.15) is 11.9 Å². The van der Waals surface area contributed by atoms with Gasteiger partial charge < -0.3 is 10.4 Å². The van der Waals surface area contributed by atoms with E-state index in [9.17, 15) is 14.0 Å². The monoisotopic (exact) mass is 281 g/mol. The van der Waals surface area contributed by atoms with Gasteiger partial charge in [-0.2, -0.15) is 0 Å². The van der Waals surface area contributed by atoms with Gasteiger partial charge >= 0.3 is 5.97 Å². The first kappa shape index (κ1) is 15.1. The predicted octanol–water partition coefficient (Wildman–Crippen LogP) is 1.51. The Hall–Kier alpha value is -2.00. The summed E-state index contributed by atoms with van der Waals surface area (Å²) in [5.74, 6) is -0.0131. The number of terminal acetylenes is 1. The van der Waals surface area contributed by atoms with E-state index in [4.69, 9.17) is 11.5 Å². The lowest BCUT2D eigenvalue weighted by Crippen LogP contribution is -2.41. The van der Waals surface area contributed by atoms with Crippen molar-refractivity contribution in [1.29, 1.82) is 0 Å². The minimum Gasteiger partial charge on any atom is -0.480 e. The summed E-state index contributed by atoms with van der Waals surface area (Å²) < 4.78 is 13.3. The zero-order valence-electron chi connectivity index (χ0n) is 9.93. The quantitative estimate of drug-likeness (QED) is 0.613. The maximum absolute atomic E-state index is 13.3. The number of carboxylic acid groups (broad SMARTS) is 1. The molecular formula is C13H12FNO3S. The molecule has 1 unspecified atom stereocenters. The molecule has 0 aromatic heterocycles. The van der Waals surface area contributed by atoms with Crippen LogP contribution in [0.5, 0.6) is 0 Å². The summed E-state index contributed by atoms with van der Waals surface area (Å²) in [5.41, 5.74) is 0. The van der Waals surface area contributed by atoms with Crippen molar-refractivity contribution in [3.8, 4) is 12.3 Å². The van der Waals surface area contributed by atoms with E-state index in [1.165, 1.54) is 6.07 Å². The summed E-state index contributed by atoms with van der Waals surface area (Å²) in [6.07, 6.45) is 4.92. The molecule has 0 aliphatic heterocycles. The van der Waals surface area contributed by atoms with Crippen LogP contribution in [0.25, 0.3) is 0 Å². The van der Waals surface area contributed by atoms with E-state index < -0.39 is 23.7 Å². The molecule has 2 N–H and O–H groups in total. The van der Waals surface area contributed by atoms with E-state index in [1.54, 1.807) is 18.2 Å². The number of rotatable bonds is 6. The van der Waals surface area contributed by atoms with E-state index in [1.807, 2.05) is 0 Å². The van der Waals surface area contributed by atoms with Crippen molar-refractivity contribution in [3.05, 3.63) is 30.1 Å². The third kappa shape index (κ3) is 5.02. The number of carbonyl (C=O) groups is 2. The Kier molecular flexibility index (Phi) is 5.90. The van der Waals surface area contributed by atoms with Crippen molar-refractivity contribution in [2.45, 2.75) is 17.4 Å². The number of nitrogens with one attached hydrogen (secondary N) is 1. The number of amides is 1. The van der Waals surface area contributed by atoms with Gasteiger partial charge in [-0.15, -0.1) is 24.1 Å². The van der Waals surface area contributed by atoms with Crippen molar-refractivity contribution in [2.24, 2.45) is 0 Å². The summed E-state index contributed by atoms with van der Waals surface area (Å²) in [5, 5.41) is 11.1. The Morgan fingerprint density at radius 2 is 2.16 bits per heavy atom. The van der Waals surface area contributed by atoms with E-state index in [0.29, 0.717) is 4.90 Å². The number of carboxylic acids is 1. The van der Waals surface area contributed by atoms with Crippen LogP contribution in [-0.4, -0.2) is 28.8 Å². The molecule has 0 aliphatic rings. The zero-order chi connectivity index (χ0) is 14.3. The highest BCUT2D eigenvalue weighted by molar-refractivity contribution is 8.00. The standard InChI is InChI=1S/C13H12FNO3S/c1-2-5-10(13(17)18)15-12(16)8-19-11-7-4-3-6-9(11)14/h1,3-4,6-7,10H,5,8H2,(H,15,16)(H,17,18). The van der Waals surface area contributed by atoms with E-state index in [0.717, 1.165) is 11.8 Å². The third-order valence-corrected chi connectivity index (χ3v) is 3.20. The molecule has 0 heterocycles. The molecule has 4 nitrogen and oxygen atoms in total. The fourth-order valence-electron chi connectivity index (χ4n) is 1.26. The lowest BCUT2D eigenvalue weighted by molar-refractivity contribution is -0.141. The van der Waals surface area contributed by atoms with E-state index in [-0.39, 0.29) is 12.2 Å². The molecular weight excluding hydrogens is 269 g/mol. The molecule has 0 aliphatic carbocycles. The minimum absolute atomic E-state index is 0.0741. The SMILES string of the molecule is C#CCC(NC(=O)CSc1ccccc1F)C(=O)O. The second-order valence-corrected chi connectivity index (χ2v) is 4.60. The van der Waals surface area contributed by atoms with Crippen LogP contribution in [0.1, 0.15) is 6.42 Å². The number of hydrogen-bond donors (Lipinski definition) is 2. The minimum atomic E-state index is -1.19. The number of aliphatic carboxylic acids is 1. The fraction of sp³-hybridized carbons (Fsp3) is 0.231. The largest absolute Gasteiger partial charge is 0.480 e. The second kappa shape index (κ2) is 7.44. The molecule has 1 aromatic rings. The maximum Gasteiger partial charge on any atom is 0.327 e. The normalized spacial score (nSPS) is 11.4. The zero-order valence-corrected chi connectivity index (χ0v) is 10.7. The van der Waals surface area contributed by atoms with Gasteiger partial charge in [-0.1, -0.05) is 12.1 Å². The molecule has 6 heteroatoms. The number of thioether (sulfide) groups is 1. The molecule has 0 saturated heterocycles. The highest BCUT2D eigenvalue weighted by Gasteiger charge is 2.18. The Morgan fingerprint density at radius 1 is 1.47 bits per heavy atom. The van der Waals surface area contributed by atoms with Crippen molar-refractivity contribution in [3.63, 3.8) is 0 Å². The third-order valence-electron chi connectivity index (χ3n) is 2.15. The summed E-state index contributed by atoms with van der Waals surface area (Å²) in [7, 11) is 0. The smallest absolute Gasteiger partial charge is 0.327 e. The molecule has 0 spiro atoms. The first-order chi connectivity index (χ1) is 9.04. The molecule has 0 saturated carbocycles. The summed E-state index contributed by atoms with van der Waals surface area (Å²) in [6, 6.07) is 4.93. The van der Waals surface area contributed by atoms with Crippen LogP contribution in [0, 0.1) is 18.2 Å². The average molecular weight is 281 g/mol. The summed E-state index contributed by atoms with van der Waals surface area (Å²) in [4.78, 5) is 22.6. The van der Waals surface area contributed by atoms with Crippen molar-refractivity contribution >= 4 is 23.6 Å². The van der Waals surface area contributed by atoms with E-state index in [2.05, 4.69) is 11.2 Å². The number of hydrogen-bond acceptors (Lipinski definition) is 3. The van der Waals surface area contributed by atoms with Gasteiger partial charge in [-0.05, 0) is 12.1 Å². The fourth-order valence-corrected chi connectivity index (χ4v) is 2.01. The lowest BCUT2D eigenvalue weighted by atomic mass is 10.2. The lowest BCUT2D eigenvalue weighted by Gasteiger charge is -2.11. The predicted molar refractivity (Wildman–Crippen MR) is 70.1 cm³/mol. The van der Waals surface area contributed by atoms with Gasteiger partial charge in [0.25, 0.3) is 0 Å². The first-order valence-corrected chi connectivity index (χ1v) is 6.36. The topological polar surface area (TPSA) is 66.4 Å². The van der Waals surface area contributed by atoms with Crippen LogP contribution in [0.2, 0.25) is 0 Å². The molecule has 1 rings (SSSR count). The van der Waals surface area contributed by atoms with Crippen LogP contribution in [0.3, 0.4) is 0 Å². The van der Waals surface area contributed by atoms with Crippen molar-refractivity contribution in [1.82, 2.24) is 5.32 Å². The summed E-state index contributed by atoms with van der Waals surface area (Å²) in [6.45, 7) is 0. The van der Waals surface area contributed by atoms with Gasteiger partial charge in [0.15, 0.2) is 0 Å². The molecule has 1 atom stereocenters.